The standard InChI is InChI=1S/C21H26N6O2/c1-25-10-12-27(13-11-25)14-18(28)23-16-7-5-15(6-8-16)19-24-21(29)17-4-3-9-22-20(17)26(19)2/h3-9,19H,10-14H2,1-2H3,(H,23,28)(H,24,29). The topological polar surface area (TPSA) is 80.8 Å². The monoisotopic (exact) mass is 394 g/mol. The van der Waals surface area contributed by atoms with Crippen molar-refractivity contribution >= 4 is 23.3 Å². The number of nitrogens with one attached hydrogen (secondary N) is 2. The average molecular weight is 394 g/mol. The lowest BCUT2D eigenvalue weighted by molar-refractivity contribution is -0.117. The van der Waals surface area contributed by atoms with E-state index in [2.05, 4.69) is 32.5 Å². The maximum Gasteiger partial charge on any atom is 0.256 e. The van der Waals surface area contributed by atoms with Crippen molar-refractivity contribution < 1.29 is 9.59 Å². The number of likely N-dealkylation sites (N-methyl/N-ethyl adjacent to an activating group) is 1. The van der Waals surface area contributed by atoms with Gasteiger partial charge in [0.2, 0.25) is 5.91 Å². The van der Waals surface area contributed by atoms with E-state index in [0.29, 0.717) is 17.9 Å². The zero-order valence-corrected chi connectivity index (χ0v) is 16.8. The Labute approximate surface area is 170 Å². The molecule has 0 saturated carbocycles. The zero-order valence-electron chi connectivity index (χ0n) is 16.8. The fraction of sp³-hybridized carbons (Fsp3) is 0.381. The molecule has 0 spiro atoms. The number of carbonyl (C=O) groups is 2. The van der Waals surface area contributed by atoms with Crippen LogP contribution < -0.4 is 15.5 Å². The van der Waals surface area contributed by atoms with Crippen molar-refractivity contribution in [3.05, 3.63) is 53.7 Å². The predicted molar refractivity (Wildman–Crippen MR) is 112 cm³/mol. The van der Waals surface area contributed by atoms with E-state index in [-0.39, 0.29) is 18.0 Å². The van der Waals surface area contributed by atoms with Gasteiger partial charge in [-0.25, -0.2) is 4.98 Å². The first kappa shape index (κ1) is 19.4. The number of hydrogen-bond acceptors (Lipinski definition) is 6. The van der Waals surface area contributed by atoms with E-state index < -0.39 is 0 Å². The average Bonchev–Trinajstić information content (AvgIpc) is 2.73. The maximum atomic E-state index is 12.4. The second kappa shape index (κ2) is 8.18. The SMILES string of the molecule is CN1CCN(CC(=O)Nc2ccc(C3NC(=O)c4cccnc4N3C)cc2)CC1. The lowest BCUT2D eigenvalue weighted by Gasteiger charge is -2.35. The lowest BCUT2D eigenvalue weighted by Crippen LogP contribution is -2.47. The molecule has 0 bridgehead atoms. The molecule has 2 aliphatic heterocycles. The van der Waals surface area contributed by atoms with Crippen LogP contribution >= 0.6 is 0 Å². The summed E-state index contributed by atoms with van der Waals surface area (Å²) in [7, 11) is 4.00. The largest absolute Gasteiger partial charge is 0.335 e. The third-order valence-corrected chi connectivity index (χ3v) is 5.49. The predicted octanol–water partition coefficient (Wildman–Crippen LogP) is 1.15. The van der Waals surface area contributed by atoms with Crippen LogP contribution in [0.15, 0.2) is 42.6 Å². The Morgan fingerprint density at radius 1 is 1.14 bits per heavy atom. The van der Waals surface area contributed by atoms with Crippen molar-refractivity contribution in [2.45, 2.75) is 6.17 Å². The summed E-state index contributed by atoms with van der Waals surface area (Å²) in [6, 6.07) is 11.1. The van der Waals surface area contributed by atoms with Crippen LogP contribution in [0.25, 0.3) is 0 Å². The Morgan fingerprint density at radius 2 is 1.86 bits per heavy atom. The number of hydrogen-bond donors (Lipinski definition) is 2. The van der Waals surface area contributed by atoms with Gasteiger partial charge in [0.25, 0.3) is 5.91 Å². The molecular formula is C21H26N6O2. The molecule has 2 aliphatic rings. The molecular weight excluding hydrogens is 368 g/mol. The van der Waals surface area contributed by atoms with Gasteiger partial charge < -0.3 is 20.4 Å². The molecule has 4 rings (SSSR count). The van der Waals surface area contributed by atoms with Crippen molar-refractivity contribution in [3.63, 3.8) is 0 Å². The van der Waals surface area contributed by atoms with Crippen molar-refractivity contribution in [2.24, 2.45) is 0 Å². The van der Waals surface area contributed by atoms with Gasteiger partial charge >= 0.3 is 0 Å². The summed E-state index contributed by atoms with van der Waals surface area (Å²) in [6.07, 6.45) is 1.38. The second-order valence-corrected chi connectivity index (χ2v) is 7.61. The van der Waals surface area contributed by atoms with E-state index in [0.717, 1.165) is 37.4 Å². The minimum atomic E-state index is -0.306. The molecule has 1 aromatic carbocycles. The first-order chi connectivity index (χ1) is 14.0. The molecule has 152 valence electrons. The smallest absolute Gasteiger partial charge is 0.256 e. The van der Waals surface area contributed by atoms with Crippen molar-refractivity contribution in [1.82, 2.24) is 20.1 Å². The van der Waals surface area contributed by atoms with E-state index in [1.54, 1.807) is 18.3 Å². The summed E-state index contributed by atoms with van der Waals surface area (Å²) in [5.74, 6) is 0.509. The summed E-state index contributed by atoms with van der Waals surface area (Å²) in [6.45, 7) is 4.19. The fourth-order valence-corrected chi connectivity index (χ4v) is 3.74. The third kappa shape index (κ3) is 4.23. The highest BCUT2D eigenvalue weighted by Crippen LogP contribution is 2.30. The van der Waals surface area contributed by atoms with E-state index in [4.69, 9.17) is 0 Å². The molecule has 1 saturated heterocycles. The van der Waals surface area contributed by atoms with Gasteiger partial charge in [0.15, 0.2) is 0 Å². The fourth-order valence-electron chi connectivity index (χ4n) is 3.74. The van der Waals surface area contributed by atoms with Crippen LogP contribution in [-0.4, -0.2) is 73.4 Å². The van der Waals surface area contributed by atoms with Crippen LogP contribution in [0.2, 0.25) is 0 Å². The van der Waals surface area contributed by atoms with Gasteiger partial charge in [-0.05, 0) is 36.9 Å². The van der Waals surface area contributed by atoms with Gasteiger partial charge in [-0.3, -0.25) is 14.5 Å². The number of carbonyl (C=O) groups excluding carboxylic acids is 2. The maximum absolute atomic E-state index is 12.4. The van der Waals surface area contributed by atoms with Gasteiger partial charge in [-0.15, -0.1) is 0 Å². The van der Waals surface area contributed by atoms with Gasteiger partial charge in [0, 0.05) is 45.1 Å². The molecule has 2 aromatic rings. The number of anilines is 2. The van der Waals surface area contributed by atoms with E-state index >= 15 is 0 Å². The van der Waals surface area contributed by atoms with E-state index in [1.165, 1.54) is 0 Å². The molecule has 3 heterocycles. The van der Waals surface area contributed by atoms with E-state index in [1.807, 2.05) is 36.2 Å². The molecule has 8 heteroatoms. The molecule has 1 unspecified atom stereocenters. The zero-order chi connectivity index (χ0) is 20.4. The summed E-state index contributed by atoms with van der Waals surface area (Å²) in [5, 5.41) is 5.96. The third-order valence-electron chi connectivity index (χ3n) is 5.49. The number of aromatic nitrogens is 1. The molecule has 1 fully saturated rings. The first-order valence-corrected chi connectivity index (χ1v) is 9.81. The number of piperazine rings is 1. The normalized spacial score (nSPS) is 20.1. The number of nitrogens with zero attached hydrogens (tertiary/aromatic N) is 4. The van der Waals surface area contributed by atoms with Crippen LogP contribution in [0, 0.1) is 0 Å². The molecule has 1 atom stereocenters. The highest BCUT2D eigenvalue weighted by Gasteiger charge is 2.30. The molecule has 29 heavy (non-hydrogen) atoms. The highest BCUT2D eigenvalue weighted by atomic mass is 16.2. The quantitative estimate of drug-likeness (QED) is 0.810. The molecule has 2 amide bonds. The summed E-state index contributed by atoms with van der Waals surface area (Å²) in [5.41, 5.74) is 2.24. The number of amides is 2. The number of fused-ring (bicyclic) bond motifs is 1. The molecule has 0 aliphatic carbocycles. The summed E-state index contributed by atoms with van der Waals surface area (Å²) >= 11 is 0. The summed E-state index contributed by atoms with van der Waals surface area (Å²) < 4.78 is 0. The van der Waals surface area contributed by atoms with Crippen LogP contribution in [0.3, 0.4) is 0 Å². The van der Waals surface area contributed by atoms with Gasteiger partial charge in [0.1, 0.15) is 12.0 Å². The molecule has 0 radical (unpaired) electrons. The van der Waals surface area contributed by atoms with Crippen molar-refractivity contribution in [1.29, 1.82) is 0 Å². The number of rotatable bonds is 4. The van der Waals surface area contributed by atoms with Crippen LogP contribution in [-0.2, 0) is 4.79 Å². The Hall–Kier alpha value is -2.97. The van der Waals surface area contributed by atoms with Gasteiger partial charge in [-0.1, -0.05) is 12.1 Å². The van der Waals surface area contributed by atoms with Gasteiger partial charge in [-0.2, -0.15) is 0 Å². The lowest BCUT2D eigenvalue weighted by atomic mass is 10.1. The molecule has 8 nitrogen and oxygen atoms in total. The van der Waals surface area contributed by atoms with Crippen LogP contribution in [0.4, 0.5) is 11.5 Å². The highest BCUT2D eigenvalue weighted by molar-refractivity contribution is 6.01. The molecule has 1 aromatic heterocycles. The Balaban J connectivity index is 1.39. The van der Waals surface area contributed by atoms with Crippen LogP contribution in [0.5, 0.6) is 0 Å². The Morgan fingerprint density at radius 3 is 2.59 bits per heavy atom. The van der Waals surface area contributed by atoms with Crippen molar-refractivity contribution in [3.8, 4) is 0 Å². The first-order valence-electron chi connectivity index (χ1n) is 9.81. The Bertz CT molecular complexity index is 892. The summed E-state index contributed by atoms with van der Waals surface area (Å²) in [4.78, 5) is 35.5. The van der Waals surface area contributed by atoms with Gasteiger partial charge in [0.05, 0.1) is 12.1 Å². The number of pyridine rings is 1. The second-order valence-electron chi connectivity index (χ2n) is 7.61. The van der Waals surface area contributed by atoms with Crippen molar-refractivity contribution in [2.75, 3.05) is 57.0 Å². The van der Waals surface area contributed by atoms with Crippen LogP contribution in [0.1, 0.15) is 22.1 Å². The minimum absolute atomic E-state index is 0.0106. The molecule has 2 N–H and O–H groups in total. The Kier molecular flexibility index (Phi) is 5.46. The minimum Gasteiger partial charge on any atom is -0.335 e. The van der Waals surface area contributed by atoms with E-state index in [9.17, 15) is 9.59 Å². The number of benzene rings is 1.